The van der Waals surface area contributed by atoms with Gasteiger partial charge in [0.1, 0.15) is 0 Å². The molecule has 2 N–H and O–H groups in total. The maximum Gasteiger partial charge on any atom is 1.00 e. The van der Waals surface area contributed by atoms with E-state index in [1.165, 1.54) is 44.9 Å². The SMILES string of the molecule is CCCCCCCCCCCCOS(=O)(=O)CCC(O)O.[H-].[H-].[Na+].[Na+]. The number of aliphatic hydroxyl groups excluding tert-OH is 1. The maximum atomic E-state index is 11.4. The summed E-state index contributed by atoms with van der Waals surface area (Å²) in [4.78, 5) is 0. The molecule has 0 saturated heterocycles. The molecule has 0 heterocycles. The van der Waals surface area contributed by atoms with Crippen LogP contribution in [0.4, 0.5) is 0 Å². The first-order chi connectivity index (χ1) is 9.98. The number of rotatable bonds is 15. The summed E-state index contributed by atoms with van der Waals surface area (Å²) in [6, 6.07) is 0. The molecule has 0 amide bonds. The van der Waals surface area contributed by atoms with Crippen LogP contribution in [0.25, 0.3) is 0 Å². The average molecular weight is 372 g/mol. The summed E-state index contributed by atoms with van der Waals surface area (Å²) < 4.78 is 27.5. The molecule has 0 fully saturated rings. The summed E-state index contributed by atoms with van der Waals surface area (Å²) in [5, 5.41) is 17.2. The first-order valence-electron chi connectivity index (χ1n) is 8.21. The van der Waals surface area contributed by atoms with Crippen LogP contribution < -0.4 is 59.1 Å². The van der Waals surface area contributed by atoms with Crippen molar-refractivity contribution in [2.45, 2.75) is 83.8 Å². The van der Waals surface area contributed by atoms with E-state index in [-0.39, 0.29) is 80.7 Å². The summed E-state index contributed by atoms with van der Waals surface area (Å²) in [5.41, 5.74) is 0. The second-order valence-corrected chi connectivity index (χ2v) is 7.29. The smallest absolute Gasteiger partial charge is 1.00 e. The second-order valence-electron chi connectivity index (χ2n) is 5.54. The van der Waals surface area contributed by atoms with E-state index in [9.17, 15) is 8.42 Å². The predicted molar refractivity (Wildman–Crippen MR) is 86.6 cm³/mol. The van der Waals surface area contributed by atoms with Gasteiger partial charge in [-0.25, -0.2) is 0 Å². The van der Waals surface area contributed by atoms with E-state index in [2.05, 4.69) is 6.92 Å². The van der Waals surface area contributed by atoms with Crippen LogP contribution in [0.5, 0.6) is 0 Å². The van der Waals surface area contributed by atoms with E-state index in [1.54, 1.807) is 0 Å². The van der Waals surface area contributed by atoms with Crippen molar-refractivity contribution in [3.8, 4) is 0 Å². The molecule has 0 radical (unpaired) electrons. The number of hydrogen-bond acceptors (Lipinski definition) is 5. The average Bonchev–Trinajstić information content (AvgIpc) is 2.43. The van der Waals surface area contributed by atoms with Gasteiger partial charge in [-0.2, -0.15) is 8.42 Å². The molecule has 0 bridgehead atoms. The summed E-state index contributed by atoms with van der Waals surface area (Å²) in [6.45, 7) is 2.41. The van der Waals surface area contributed by atoms with Gasteiger partial charge >= 0.3 is 59.1 Å². The predicted octanol–water partition coefficient (Wildman–Crippen LogP) is -2.81. The quantitative estimate of drug-likeness (QED) is 0.140. The Morgan fingerprint density at radius 1 is 0.870 bits per heavy atom. The van der Waals surface area contributed by atoms with Crippen molar-refractivity contribution >= 4 is 10.1 Å². The number of hydrogen-bond donors (Lipinski definition) is 2. The van der Waals surface area contributed by atoms with Crippen molar-refractivity contribution in [2.24, 2.45) is 0 Å². The molecule has 0 rings (SSSR count). The van der Waals surface area contributed by atoms with Crippen LogP contribution >= 0.6 is 0 Å². The summed E-state index contributed by atoms with van der Waals surface area (Å²) >= 11 is 0. The van der Waals surface area contributed by atoms with Crippen molar-refractivity contribution in [2.75, 3.05) is 12.4 Å². The minimum Gasteiger partial charge on any atom is -1.00 e. The Hall–Kier alpha value is 1.83. The normalized spacial score (nSPS) is 11.1. The first-order valence-corrected chi connectivity index (χ1v) is 9.79. The minimum absolute atomic E-state index is 0. The Balaban J connectivity index is -0.000000333. The molecule has 0 aliphatic carbocycles. The molecule has 0 aromatic rings. The standard InChI is InChI=1S/C15H32O5S.2Na.2H/c1-2-3-4-5-6-7-8-9-10-11-13-20-21(18,19)14-12-15(16)17;;;;/h15-17H,2-14H2,1H3;;;;/q;2*+1;2*-1. The molecule has 0 aromatic carbocycles. The molecular formula is C15H34Na2O5S. The van der Waals surface area contributed by atoms with Gasteiger partial charge in [0.2, 0.25) is 0 Å². The number of aliphatic hydroxyl groups is 2. The van der Waals surface area contributed by atoms with Gasteiger partial charge < -0.3 is 13.1 Å². The Labute approximate surface area is 189 Å². The molecule has 8 heteroatoms. The fourth-order valence-electron chi connectivity index (χ4n) is 2.08. The van der Waals surface area contributed by atoms with Gasteiger partial charge in [0.25, 0.3) is 10.1 Å². The Bertz CT molecular complexity index is 334. The largest absolute Gasteiger partial charge is 1.00 e. The zero-order chi connectivity index (χ0) is 16.0. The summed E-state index contributed by atoms with van der Waals surface area (Å²) in [6.07, 6.45) is 10.1. The third kappa shape index (κ3) is 23.8. The molecule has 5 nitrogen and oxygen atoms in total. The third-order valence-corrected chi connectivity index (χ3v) is 4.65. The van der Waals surface area contributed by atoms with Crippen molar-refractivity contribution in [3.05, 3.63) is 0 Å². The van der Waals surface area contributed by atoms with Crippen LogP contribution in [0.1, 0.15) is 80.4 Å². The zero-order valence-corrected chi connectivity index (χ0v) is 20.1. The van der Waals surface area contributed by atoms with E-state index in [0.29, 0.717) is 0 Å². The maximum absolute atomic E-state index is 11.4. The van der Waals surface area contributed by atoms with Gasteiger partial charge in [0, 0.05) is 6.42 Å². The molecule has 0 unspecified atom stereocenters. The molecule has 0 spiro atoms. The zero-order valence-electron chi connectivity index (χ0n) is 17.3. The summed E-state index contributed by atoms with van der Waals surface area (Å²) in [5.74, 6) is -0.345. The molecule has 0 atom stereocenters. The van der Waals surface area contributed by atoms with Crippen LogP contribution in [0.2, 0.25) is 0 Å². The first kappa shape index (κ1) is 29.6. The van der Waals surface area contributed by atoms with Gasteiger partial charge in [-0.1, -0.05) is 64.7 Å². The van der Waals surface area contributed by atoms with Crippen LogP contribution in [0, 0.1) is 0 Å². The Morgan fingerprint density at radius 3 is 1.74 bits per heavy atom. The van der Waals surface area contributed by atoms with Gasteiger partial charge in [-0.15, -0.1) is 0 Å². The van der Waals surface area contributed by atoms with E-state index >= 15 is 0 Å². The third-order valence-electron chi connectivity index (χ3n) is 3.39. The molecular weight excluding hydrogens is 338 g/mol. The molecule has 132 valence electrons. The minimum atomic E-state index is -3.61. The molecule has 0 aliphatic heterocycles. The van der Waals surface area contributed by atoms with Crippen LogP contribution in [-0.2, 0) is 14.3 Å². The second kappa shape index (κ2) is 20.1. The van der Waals surface area contributed by atoms with Crippen molar-refractivity contribution in [3.63, 3.8) is 0 Å². The van der Waals surface area contributed by atoms with Crippen LogP contribution in [-0.4, -0.2) is 37.3 Å². The van der Waals surface area contributed by atoms with Gasteiger partial charge in [-0.3, -0.25) is 4.18 Å². The van der Waals surface area contributed by atoms with Crippen molar-refractivity contribution < 1.29 is 84.8 Å². The van der Waals surface area contributed by atoms with Crippen LogP contribution in [0.15, 0.2) is 0 Å². The molecule has 0 aliphatic rings. The van der Waals surface area contributed by atoms with E-state index in [0.717, 1.165) is 19.3 Å². The Kier molecular flexibility index (Phi) is 25.9. The number of unbranched alkanes of at least 4 members (excludes halogenated alkanes) is 9. The fraction of sp³-hybridized carbons (Fsp3) is 1.00. The fourth-order valence-corrected chi connectivity index (χ4v) is 3.07. The molecule has 0 saturated carbocycles. The van der Waals surface area contributed by atoms with Crippen molar-refractivity contribution in [1.82, 2.24) is 0 Å². The molecule has 0 aromatic heterocycles. The van der Waals surface area contributed by atoms with Crippen LogP contribution in [0.3, 0.4) is 0 Å². The van der Waals surface area contributed by atoms with E-state index in [4.69, 9.17) is 14.4 Å². The van der Waals surface area contributed by atoms with Gasteiger partial charge in [0.05, 0.1) is 12.4 Å². The van der Waals surface area contributed by atoms with Gasteiger partial charge in [-0.05, 0) is 6.42 Å². The van der Waals surface area contributed by atoms with Crippen molar-refractivity contribution in [1.29, 1.82) is 0 Å². The van der Waals surface area contributed by atoms with Gasteiger partial charge in [0.15, 0.2) is 6.29 Å². The molecule has 23 heavy (non-hydrogen) atoms. The summed E-state index contributed by atoms with van der Waals surface area (Å²) in [7, 11) is -3.61. The monoisotopic (exact) mass is 372 g/mol. The van der Waals surface area contributed by atoms with E-state index in [1.807, 2.05) is 0 Å². The Morgan fingerprint density at radius 2 is 1.30 bits per heavy atom. The van der Waals surface area contributed by atoms with E-state index < -0.39 is 16.4 Å². The topological polar surface area (TPSA) is 83.8 Å².